The Kier molecular flexibility index (Phi) is 6.50. The van der Waals surface area contributed by atoms with Crippen molar-refractivity contribution in [2.75, 3.05) is 46.5 Å². The summed E-state index contributed by atoms with van der Waals surface area (Å²) in [5.74, 6) is -0.0943. The van der Waals surface area contributed by atoms with Gasteiger partial charge >= 0.3 is 6.01 Å². The van der Waals surface area contributed by atoms with Crippen molar-refractivity contribution in [2.45, 2.75) is 18.8 Å². The van der Waals surface area contributed by atoms with Gasteiger partial charge in [-0.3, -0.25) is 9.59 Å². The summed E-state index contributed by atoms with van der Waals surface area (Å²) in [5, 5.41) is 4.14. The number of carbonyl (C=O) groups is 2. The molecule has 1 unspecified atom stereocenters. The van der Waals surface area contributed by atoms with E-state index >= 15 is 0 Å². The van der Waals surface area contributed by atoms with Crippen LogP contribution in [0.3, 0.4) is 0 Å². The highest BCUT2D eigenvalue weighted by Crippen LogP contribution is 2.28. The zero-order valence-corrected chi connectivity index (χ0v) is 18.1. The second-order valence-corrected chi connectivity index (χ2v) is 8.08. The second-order valence-electron chi connectivity index (χ2n) is 8.08. The summed E-state index contributed by atoms with van der Waals surface area (Å²) in [6, 6.07) is 10.7. The summed E-state index contributed by atoms with van der Waals surface area (Å²) in [4.78, 5) is 33.8. The number of aryl methyl sites for hydroxylation is 1. The summed E-state index contributed by atoms with van der Waals surface area (Å²) in [6.07, 6.45) is 1.90. The van der Waals surface area contributed by atoms with Gasteiger partial charge in [0.05, 0.1) is 26.2 Å². The van der Waals surface area contributed by atoms with Crippen molar-refractivity contribution in [3.8, 4) is 6.01 Å². The third kappa shape index (κ3) is 4.71. The quantitative estimate of drug-likeness (QED) is 0.731. The molecule has 9 nitrogen and oxygen atoms in total. The standard InChI is InChI=1S/C22H29N5O4/c1-25-22(30-2)23-19(24-25)21(29)27-12-13-31-15-18(14-27)20(28)26-10-8-17(9-11-26)16-6-4-3-5-7-16/h3-7,17-18H,8-15H2,1-2H3. The first kappa shape index (κ1) is 21.3. The predicted octanol–water partition coefficient (Wildman–Crippen LogP) is 1.32. The van der Waals surface area contributed by atoms with Gasteiger partial charge in [-0.1, -0.05) is 30.3 Å². The largest absolute Gasteiger partial charge is 0.467 e. The Hall–Kier alpha value is -2.94. The van der Waals surface area contributed by atoms with E-state index in [0.29, 0.717) is 32.2 Å². The van der Waals surface area contributed by atoms with Crippen LogP contribution in [0.4, 0.5) is 0 Å². The molecule has 2 amide bonds. The summed E-state index contributed by atoms with van der Waals surface area (Å²) >= 11 is 0. The SMILES string of the molecule is COc1nc(C(=O)N2CCOCC(C(=O)N3CCC(c4ccccc4)CC3)C2)nn1C. The Balaban J connectivity index is 1.38. The number of hydrogen-bond donors (Lipinski definition) is 0. The second kappa shape index (κ2) is 9.47. The molecule has 0 aliphatic carbocycles. The minimum atomic E-state index is -0.384. The van der Waals surface area contributed by atoms with E-state index in [4.69, 9.17) is 9.47 Å². The summed E-state index contributed by atoms with van der Waals surface area (Å²) in [6.45, 7) is 2.86. The number of nitrogens with zero attached hydrogens (tertiary/aromatic N) is 5. The minimum Gasteiger partial charge on any atom is -0.467 e. The molecule has 0 bridgehead atoms. The van der Waals surface area contributed by atoms with Crippen LogP contribution < -0.4 is 4.74 Å². The van der Waals surface area contributed by atoms with Gasteiger partial charge in [-0.05, 0) is 24.3 Å². The maximum Gasteiger partial charge on any atom is 0.314 e. The molecule has 2 aromatic rings. The van der Waals surface area contributed by atoms with E-state index in [9.17, 15) is 9.59 Å². The van der Waals surface area contributed by atoms with E-state index in [1.165, 1.54) is 17.4 Å². The fourth-order valence-corrected chi connectivity index (χ4v) is 4.34. The summed E-state index contributed by atoms with van der Waals surface area (Å²) < 4.78 is 12.2. The van der Waals surface area contributed by atoms with Gasteiger partial charge in [-0.25, -0.2) is 4.68 Å². The maximum absolute atomic E-state index is 13.2. The van der Waals surface area contributed by atoms with Crippen LogP contribution in [0.15, 0.2) is 30.3 Å². The third-order valence-corrected chi connectivity index (χ3v) is 6.08. The van der Waals surface area contributed by atoms with Crippen molar-refractivity contribution in [2.24, 2.45) is 13.0 Å². The normalized spacial score (nSPS) is 20.4. The fourth-order valence-electron chi connectivity index (χ4n) is 4.34. The maximum atomic E-state index is 13.2. The minimum absolute atomic E-state index is 0.0535. The van der Waals surface area contributed by atoms with Crippen molar-refractivity contribution in [3.63, 3.8) is 0 Å². The molecule has 1 aromatic heterocycles. The molecule has 9 heteroatoms. The topological polar surface area (TPSA) is 89.8 Å². The van der Waals surface area contributed by atoms with Crippen molar-refractivity contribution in [1.82, 2.24) is 24.6 Å². The van der Waals surface area contributed by atoms with E-state index < -0.39 is 0 Å². The molecule has 3 heterocycles. The Bertz CT molecular complexity index is 908. The highest BCUT2D eigenvalue weighted by molar-refractivity contribution is 5.91. The lowest BCUT2D eigenvalue weighted by molar-refractivity contribution is -0.138. The Morgan fingerprint density at radius 3 is 2.52 bits per heavy atom. The highest BCUT2D eigenvalue weighted by atomic mass is 16.5. The van der Waals surface area contributed by atoms with Crippen LogP contribution in [0.25, 0.3) is 0 Å². The van der Waals surface area contributed by atoms with Crippen LogP contribution in [-0.4, -0.2) is 82.9 Å². The number of rotatable bonds is 4. The lowest BCUT2D eigenvalue weighted by atomic mass is 9.89. The monoisotopic (exact) mass is 427 g/mol. The molecule has 2 aliphatic rings. The van der Waals surface area contributed by atoms with Crippen LogP contribution in [-0.2, 0) is 16.6 Å². The van der Waals surface area contributed by atoms with E-state index in [2.05, 4.69) is 34.3 Å². The Morgan fingerprint density at radius 2 is 1.84 bits per heavy atom. The molecule has 0 spiro atoms. The van der Waals surface area contributed by atoms with Gasteiger partial charge in [0, 0.05) is 33.2 Å². The average molecular weight is 428 g/mol. The number of likely N-dealkylation sites (tertiary alicyclic amines) is 1. The van der Waals surface area contributed by atoms with Crippen molar-refractivity contribution in [3.05, 3.63) is 41.7 Å². The zero-order valence-electron chi connectivity index (χ0n) is 18.1. The highest BCUT2D eigenvalue weighted by Gasteiger charge is 2.34. The Morgan fingerprint density at radius 1 is 1.10 bits per heavy atom. The molecule has 0 N–H and O–H groups in total. The number of aromatic nitrogens is 3. The third-order valence-electron chi connectivity index (χ3n) is 6.08. The molecule has 166 valence electrons. The smallest absolute Gasteiger partial charge is 0.314 e. The first-order valence-electron chi connectivity index (χ1n) is 10.7. The molecule has 0 saturated carbocycles. The number of methoxy groups -OCH3 is 1. The molecule has 1 atom stereocenters. The molecule has 2 aliphatic heterocycles. The Labute approximate surface area is 181 Å². The van der Waals surface area contributed by atoms with Crippen LogP contribution in [0.5, 0.6) is 6.01 Å². The number of ether oxygens (including phenoxy) is 2. The first-order valence-corrected chi connectivity index (χ1v) is 10.7. The van der Waals surface area contributed by atoms with Crippen LogP contribution in [0, 0.1) is 5.92 Å². The number of piperidine rings is 1. The molecule has 1 aromatic carbocycles. The lowest BCUT2D eigenvalue weighted by Crippen LogP contribution is -2.46. The van der Waals surface area contributed by atoms with E-state index in [-0.39, 0.29) is 29.6 Å². The zero-order chi connectivity index (χ0) is 21.8. The van der Waals surface area contributed by atoms with Gasteiger partial charge in [0.25, 0.3) is 5.91 Å². The molecule has 4 rings (SSSR count). The van der Waals surface area contributed by atoms with Crippen molar-refractivity contribution < 1.29 is 19.1 Å². The molecule has 0 radical (unpaired) electrons. The van der Waals surface area contributed by atoms with Gasteiger partial charge in [-0.15, -0.1) is 5.10 Å². The van der Waals surface area contributed by atoms with Gasteiger partial charge in [0.1, 0.15) is 0 Å². The van der Waals surface area contributed by atoms with Crippen molar-refractivity contribution in [1.29, 1.82) is 0 Å². The molecule has 31 heavy (non-hydrogen) atoms. The summed E-state index contributed by atoms with van der Waals surface area (Å²) in [7, 11) is 3.15. The molecule has 2 saturated heterocycles. The molecule has 2 fully saturated rings. The van der Waals surface area contributed by atoms with E-state index in [0.717, 1.165) is 25.9 Å². The number of carbonyl (C=O) groups excluding carboxylic acids is 2. The van der Waals surface area contributed by atoms with Gasteiger partial charge < -0.3 is 19.3 Å². The number of benzene rings is 1. The van der Waals surface area contributed by atoms with Gasteiger partial charge in [0.2, 0.25) is 11.7 Å². The lowest BCUT2D eigenvalue weighted by Gasteiger charge is -2.34. The van der Waals surface area contributed by atoms with Crippen LogP contribution in [0.1, 0.15) is 34.9 Å². The number of hydrogen-bond acceptors (Lipinski definition) is 6. The van der Waals surface area contributed by atoms with Crippen LogP contribution >= 0.6 is 0 Å². The fraction of sp³-hybridized carbons (Fsp3) is 0.545. The first-order chi connectivity index (χ1) is 15.1. The molecular formula is C22H29N5O4. The van der Waals surface area contributed by atoms with Crippen LogP contribution in [0.2, 0.25) is 0 Å². The molecular weight excluding hydrogens is 398 g/mol. The summed E-state index contributed by atoms with van der Waals surface area (Å²) in [5.41, 5.74) is 1.34. The van der Waals surface area contributed by atoms with Gasteiger partial charge in [-0.2, -0.15) is 4.98 Å². The average Bonchev–Trinajstić information content (AvgIpc) is 3.03. The van der Waals surface area contributed by atoms with E-state index in [1.807, 2.05) is 11.0 Å². The van der Waals surface area contributed by atoms with E-state index in [1.54, 1.807) is 11.9 Å². The number of amides is 2. The van der Waals surface area contributed by atoms with Crippen molar-refractivity contribution >= 4 is 11.8 Å². The predicted molar refractivity (Wildman–Crippen MR) is 113 cm³/mol. The van der Waals surface area contributed by atoms with Gasteiger partial charge in [0.15, 0.2) is 0 Å².